The number of benzene rings is 2. The molecule has 0 saturated heterocycles. The highest BCUT2D eigenvalue weighted by molar-refractivity contribution is 7.89. The van der Waals surface area contributed by atoms with Crippen LogP contribution in [0, 0.1) is 12.3 Å². The highest BCUT2D eigenvalue weighted by Crippen LogP contribution is 2.10. The third-order valence-electron chi connectivity index (χ3n) is 3.03. The number of nitrogens with one attached hydrogen (secondary N) is 1. The minimum absolute atomic E-state index is 0.0280. The Bertz CT molecular complexity index is 834. The number of rotatable bonds is 4. The Hall–Kier alpha value is -2.62. The lowest BCUT2D eigenvalue weighted by atomic mass is 10.1. The standard InChI is InChI=1S/C16H14N2O3S/c1-2-13-5-3-4-6-15(13)16(19)18-11-12-7-9-14(10-8-12)22(17,20)21/h1,3-10H,11H2,(H,18,19)(H2,17,20,21). The molecule has 0 bridgehead atoms. The second kappa shape index (κ2) is 6.43. The van der Waals surface area contributed by atoms with Crippen molar-refractivity contribution in [1.82, 2.24) is 5.32 Å². The van der Waals surface area contributed by atoms with E-state index in [2.05, 4.69) is 11.2 Å². The van der Waals surface area contributed by atoms with Crippen molar-refractivity contribution < 1.29 is 13.2 Å². The molecule has 0 atom stereocenters. The van der Waals surface area contributed by atoms with Gasteiger partial charge in [-0.05, 0) is 29.8 Å². The van der Waals surface area contributed by atoms with Crippen LogP contribution < -0.4 is 10.5 Å². The Morgan fingerprint density at radius 1 is 1.14 bits per heavy atom. The molecule has 5 nitrogen and oxygen atoms in total. The Morgan fingerprint density at radius 2 is 1.77 bits per heavy atom. The van der Waals surface area contributed by atoms with Gasteiger partial charge in [0.1, 0.15) is 0 Å². The van der Waals surface area contributed by atoms with E-state index < -0.39 is 10.0 Å². The normalized spacial score (nSPS) is 10.7. The zero-order valence-electron chi connectivity index (χ0n) is 11.6. The smallest absolute Gasteiger partial charge is 0.252 e. The van der Waals surface area contributed by atoms with Crippen molar-refractivity contribution in [1.29, 1.82) is 0 Å². The van der Waals surface area contributed by atoms with Gasteiger partial charge in [0, 0.05) is 12.1 Å². The van der Waals surface area contributed by atoms with Crippen LogP contribution in [-0.2, 0) is 16.6 Å². The summed E-state index contributed by atoms with van der Waals surface area (Å²) in [5, 5.41) is 7.75. The largest absolute Gasteiger partial charge is 0.348 e. The predicted molar refractivity (Wildman–Crippen MR) is 83.4 cm³/mol. The molecule has 22 heavy (non-hydrogen) atoms. The van der Waals surface area contributed by atoms with Gasteiger partial charge in [0.25, 0.3) is 5.91 Å². The molecule has 6 heteroatoms. The van der Waals surface area contributed by atoms with E-state index in [0.717, 1.165) is 5.56 Å². The van der Waals surface area contributed by atoms with Crippen LogP contribution in [0.3, 0.4) is 0 Å². The Kier molecular flexibility index (Phi) is 4.61. The lowest BCUT2D eigenvalue weighted by Crippen LogP contribution is -2.23. The maximum atomic E-state index is 12.1. The Balaban J connectivity index is 2.07. The van der Waals surface area contributed by atoms with Gasteiger partial charge in [-0.2, -0.15) is 0 Å². The number of amides is 1. The van der Waals surface area contributed by atoms with E-state index in [-0.39, 0.29) is 17.3 Å². The number of carbonyl (C=O) groups excluding carboxylic acids is 1. The summed E-state index contributed by atoms with van der Waals surface area (Å²) >= 11 is 0. The fraction of sp³-hybridized carbons (Fsp3) is 0.0625. The number of hydrogen-bond acceptors (Lipinski definition) is 3. The first-order valence-corrected chi connectivity index (χ1v) is 7.92. The number of nitrogens with two attached hydrogens (primary N) is 1. The van der Waals surface area contributed by atoms with Crippen LogP contribution in [0.1, 0.15) is 21.5 Å². The van der Waals surface area contributed by atoms with Gasteiger partial charge in [-0.15, -0.1) is 6.42 Å². The van der Waals surface area contributed by atoms with Crippen LogP contribution in [-0.4, -0.2) is 14.3 Å². The van der Waals surface area contributed by atoms with Crippen LogP contribution in [0.25, 0.3) is 0 Å². The molecule has 2 aromatic carbocycles. The van der Waals surface area contributed by atoms with Crippen molar-refractivity contribution in [2.75, 3.05) is 0 Å². The molecule has 0 saturated carbocycles. The van der Waals surface area contributed by atoms with Crippen molar-refractivity contribution >= 4 is 15.9 Å². The molecule has 112 valence electrons. The fourth-order valence-electron chi connectivity index (χ4n) is 1.88. The lowest BCUT2D eigenvalue weighted by molar-refractivity contribution is 0.0950. The molecule has 0 fully saturated rings. The average Bonchev–Trinajstić information content (AvgIpc) is 2.52. The maximum Gasteiger partial charge on any atom is 0.252 e. The summed E-state index contributed by atoms with van der Waals surface area (Å²) in [5.74, 6) is 2.17. The summed E-state index contributed by atoms with van der Waals surface area (Å²) in [7, 11) is -3.71. The zero-order chi connectivity index (χ0) is 16.2. The predicted octanol–water partition coefficient (Wildman–Crippen LogP) is 1.25. The van der Waals surface area contributed by atoms with Crippen molar-refractivity contribution in [3.63, 3.8) is 0 Å². The van der Waals surface area contributed by atoms with Gasteiger partial charge in [0.15, 0.2) is 0 Å². The number of hydrogen-bond donors (Lipinski definition) is 2. The molecule has 3 N–H and O–H groups in total. The molecule has 2 rings (SSSR count). The van der Waals surface area contributed by atoms with Crippen LogP contribution in [0.4, 0.5) is 0 Å². The number of primary sulfonamides is 1. The molecule has 0 aliphatic carbocycles. The van der Waals surface area contributed by atoms with Gasteiger partial charge in [-0.1, -0.05) is 30.2 Å². The first kappa shape index (κ1) is 15.8. The molecule has 0 spiro atoms. The minimum Gasteiger partial charge on any atom is -0.348 e. The van der Waals surface area contributed by atoms with E-state index >= 15 is 0 Å². The molecule has 0 unspecified atom stereocenters. The summed E-state index contributed by atoms with van der Waals surface area (Å²) in [5.41, 5.74) is 1.69. The first-order valence-electron chi connectivity index (χ1n) is 6.37. The van der Waals surface area contributed by atoms with E-state index in [9.17, 15) is 13.2 Å². The van der Waals surface area contributed by atoms with Gasteiger partial charge in [0.2, 0.25) is 10.0 Å². The SMILES string of the molecule is C#Cc1ccccc1C(=O)NCc1ccc(S(N)(=O)=O)cc1. The monoisotopic (exact) mass is 314 g/mol. The minimum atomic E-state index is -3.71. The first-order chi connectivity index (χ1) is 10.4. The van der Waals surface area contributed by atoms with Crippen LogP contribution in [0.15, 0.2) is 53.4 Å². The summed E-state index contributed by atoms with van der Waals surface area (Å²) in [6, 6.07) is 12.8. The van der Waals surface area contributed by atoms with Crippen molar-refractivity contribution in [2.24, 2.45) is 5.14 Å². The van der Waals surface area contributed by atoms with Crippen LogP contribution in [0.5, 0.6) is 0 Å². The van der Waals surface area contributed by atoms with Gasteiger partial charge in [-0.25, -0.2) is 13.6 Å². The van der Waals surface area contributed by atoms with E-state index in [1.54, 1.807) is 36.4 Å². The molecule has 2 aromatic rings. The van der Waals surface area contributed by atoms with Crippen LogP contribution >= 0.6 is 0 Å². The van der Waals surface area contributed by atoms with Crippen molar-refractivity contribution in [3.8, 4) is 12.3 Å². The Morgan fingerprint density at radius 3 is 2.36 bits per heavy atom. The summed E-state index contributed by atoms with van der Waals surface area (Å²) in [4.78, 5) is 12.1. The molecule has 0 radical (unpaired) electrons. The molecule has 1 amide bonds. The molecule has 0 aromatic heterocycles. The lowest BCUT2D eigenvalue weighted by Gasteiger charge is -2.07. The maximum absolute atomic E-state index is 12.1. The van der Waals surface area contributed by atoms with Gasteiger partial charge in [0.05, 0.1) is 10.5 Å². The van der Waals surface area contributed by atoms with E-state index in [0.29, 0.717) is 11.1 Å². The summed E-state index contributed by atoms with van der Waals surface area (Å²) < 4.78 is 22.3. The van der Waals surface area contributed by atoms with E-state index in [1.807, 2.05) is 0 Å². The molecule has 0 aliphatic rings. The third-order valence-corrected chi connectivity index (χ3v) is 3.96. The summed E-state index contributed by atoms with van der Waals surface area (Å²) in [6.07, 6.45) is 5.35. The second-order valence-corrected chi connectivity index (χ2v) is 6.12. The van der Waals surface area contributed by atoms with Crippen molar-refractivity contribution in [2.45, 2.75) is 11.4 Å². The number of carbonyl (C=O) groups is 1. The van der Waals surface area contributed by atoms with Gasteiger partial charge >= 0.3 is 0 Å². The molecular formula is C16H14N2O3S. The average molecular weight is 314 g/mol. The number of sulfonamides is 1. The quantitative estimate of drug-likeness (QED) is 0.832. The molecule has 0 heterocycles. The topological polar surface area (TPSA) is 89.3 Å². The fourth-order valence-corrected chi connectivity index (χ4v) is 2.40. The Labute approximate surface area is 129 Å². The van der Waals surface area contributed by atoms with Gasteiger partial charge < -0.3 is 5.32 Å². The molecule has 0 aliphatic heterocycles. The van der Waals surface area contributed by atoms with Gasteiger partial charge in [-0.3, -0.25) is 4.79 Å². The summed E-state index contributed by atoms with van der Waals surface area (Å²) in [6.45, 7) is 0.253. The van der Waals surface area contributed by atoms with E-state index in [4.69, 9.17) is 11.6 Å². The molecular weight excluding hydrogens is 300 g/mol. The zero-order valence-corrected chi connectivity index (χ0v) is 12.4. The van der Waals surface area contributed by atoms with Crippen molar-refractivity contribution in [3.05, 3.63) is 65.2 Å². The third kappa shape index (κ3) is 3.73. The van der Waals surface area contributed by atoms with Crippen LogP contribution in [0.2, 0.25) is 0 Å². The highest BCUT2D eigenvalue weighted by Gasteiger charge is 2.10. The highest BCUT2D eigenvalue weighted by atomic mass is 32.2. The number of terminal acetylenes is 1. The second-order valence-electron chi connectivity index (χ2n) is 4.56. The van der Waals surface area contributed by atoms with E-state index in [1.165, 1.54) is 12.1 Å².